The number of aliphatic hydroxyl groups is 1. The van der Waals surface area contributed by atoms with Crippen molar-refractivity contribution in [2.75, 3.05) is 0 Å². The molecule has 0 spiro atoms. The van der Waals surface area contributed by atoms with E-state index in [0.717, 1.165) is 17.7 Å². The van der Waals surface area contributed by atoms with E-state index < -0.39 is 0 Å². The molecular weight excluding hydrogens is 124 g/mol. The second kappa shape index (κ2) is 2.84. The molecule has 1 radical (unpaired) electrons. The Morgan fingerprint density at radius 2 is 2.00 bits per heavy atom. The van der Waals surface area contributed by atoms with Crippen LogP contribution in [-0.4, -0.2) is 5.11 Å². The lowest BCUT2D eigenvalue weighted by atomic mass is 10.1. The number of hydrogen-bond donors (Lipinski definition) is 1. The fraction of sp³-hybridized carbons (Fsp3) is 0.222. The summed E-state index contributed by atoms with van der Waals surface area (Å²) in [5.41, 5.74) is 3.18. The topological polar surface area (TPSA) is 20.2 Å². The van der Waals surface area contributed by atoms with Gasteiger partial charge in [-0.3, -0.25) is 0 Å². The molecule has 0 saturated carbocycles. The number of aryl methyl sites for hydroxylation is 2. The molecule has 0 heterocycles. The molecule has 0 aliphatic heterocycles. The first-order valence-corrected chi connectivity index (χ1v) is 3.28. The monoisotopic (exact) mass is 135 g/mol. The Balaban J connectivity index is 3.09. The van der Waals surface area contributed by atoms with Gasteiger partial charge in [0.1, 0.15) is 6.61 Å². The average molecular weight is 135 g/mol. The fourth-order valence-corrected chi connectivity index (χ4v) is 0.899. The molecule has 0 saturated heterocycles. The van der Waals surface area contributed by atoms with E-state index in [1.54, 1.807) is 0 Å². The van der Waals surface area contributed by atoms with Crippen molar-refractivity contribution < 1.29 is 5.11 Å². The smallest absolute Gasteiger partial charge is 0.109 e. The van der Waals surface area contributed by atoms with Crippen molar-refractivity contribution in [3.8, 4) is 0 Å². The van der Waals surface area contributed by atoms with Gasteiger partial charge in [0, 0.05) is 0 Å². The zero-order chi connectivity index (χ0) is 7.56. The van der Waals surface area contributed by atoms with Crippen LogP contribution in [0.15, 0.2) is 18.2 Å². The summed E-state index contributed by atoms with van der Waals surface area (Å²) in [6.45, 7) is 5.12. The lowest BCUT2D eigenvalue weighted by Crippen LogP contribution is -1.86. The van der Waals surface area contributed by atoms with E-state index in [2.05, 4.69) is 0 Å². The van der Waals surface area contributed by atoms with Gasteiger partial charge in [0.15, 0.2) is 0 Å². The van der Waals surface area contributed by atoms with Crippen LogP contribution in [0.4, 0.5) is 0 Å². The minimum Gasteiger partial charge on any atom is -0.385 e. The molecule has 1 aromatic rings. The molecule has 1 N–H and O–H groups in total. The van der Waals surface area contributed by atoms with Gasteiger partial charge in [-0.2, -0.15) is 0 Å². The van der Waals surface area contributed by atoms with Crippen LogP contribution in [0.3, 0.4) is 0 Å². The van der Waals surface area contributed by atoms with Crippen LogP contribution in [0.5, 0.6) is 0 Å². The highest BCUT2D eigenvalue weighted by atomic mass is 16.3. The van der Waals surface area contributed by atoms with Gasteiger partial charge in [-0.25, -0.2) is 0 Å². The quantitative estimate of drug-likeness (QED) is 0.625. The maximum Gasteiger partial charge on any atom is 0.109 e. The molecule has 0 aliphatic rings. The van der Waals surface area contributed by atoms with Crippen molar-refractivity contribution in [3.05, 3.63) is 41.5 Å². The summed E-state index contributed by atoms with van der Waals surface area (Å²) in [5, 5.41) is 8.72. The van der Waals surface area contributed by atoms with Crippen LogP contribution >= 0.6 is 0 Å². The largest absolute Gasteiger partial charge is 0.385 e. The molecule has 0 fully saturated rings. The maximum atomic E-state index is 8.72. The lowest BCUT2D eigenvalue weighted by Gasteiger charge is -2.01. The Morgan fingerprint density at radius 1 is 1.30 bits per heavy atom. The van der Waals surface area contributed by atoms with E-state index in [9.17, 15) is 0 Å². The highest BCUT2D eigenvalue weighted by Gasteiger charge is 1.95. The van der Waals surface area contributed by atoms with Gasteiger partial charge in [-0.15, -0.1) is 0 Å². The number of aliphatic hydroxyl groups excluding tert-OH is 1. The first-order chi connectivity index (χ1) is 4.74. The third-order valence-electron chi connectivity index (χ3n) is 1.57. The van der Waals surface area contributed by atoms with Crippen LogP contribution in [0.2, 0.25) is 0 Å². The van der Waals surface area contributed by atoms with Gasteiger partial charge in [0.2, 0.25) is 0 Å². The zero-order valence-corrected chi connectivity index (χ0v) is 6.26. The molecule has 1 rings (SSSR count). The van der Waals surface area contributed by atoms with Gasteiger partial charge in [-0.05, 0) is 25.0 Å². The minimum absolute atomic E-state index is 0.903. The first-order valence-electron chi connectivity index (χ1n) is 3.28. The predicted octanol–water partition coefficient (Wildman–Crippen LogP) is 2.19. The summed E-state index contributed by atoms with van der Waals surface area (Å²) in [7, 11) is 0. The minimum atomic E-state index is 0.903. The first kappa shape index (κ1) is 7.29. The maximum absolute atomic E-state index is 8.72. The Kier molecular flexibility index (Phi) is 2.07. The van der Waals surface area contributed by atoms with Crippen LogP contribution in [0, 0.1) is 20.5 Å². The summed E-state index contributed by atoms with van der Waals surface area (Å²) in [5.74, 6) is 0. The molecule has 0 aliphatic carbocycles. The standard InChI is InChI=1S/C9H11O/c1-7-3-4-8(2)9(5-7)6-10/h3-6,10H,1-2H3. The summed E-state index contributed by atoms with van der Waals surface area (Å²) < 4.78 is 0. The average Bonchev–Trinajstić information content (AvgIpc) is 1.94. The normalized spacial score (nSPS) is 9.90. The van der Waals surface area contributed by atoms with Gasteiger partial charge < -0.3 is 5.11 Å². The van der Waals surface area contributed by atoms with Crippen molar-refractivity contribution in [1.82, 2.24) is 0 Å². The van der Waals surface area contributed by atoms with E-state index in [0.29, 0.717) is 0 Å². The second-order valence-corrected chi connectivity index (χ2v) is 2.49. The number of rotatable bonds is 1. The molecule has 0 bridgehead atoms. The summed E-state index contributed by atoms with van der Waals surface area (Å²) in [6.07, 6.45) is 0. The summed E-state index contributed by atoms with van der Waals surface area (Å²) in [4.78, 5) is 0. The van der Waals surface area contributed by atoms with Crippen LogP contribution in [-0.2, 0) is 0 Å². The Morgan fingerprint density at radius 3 is 2.50 bits per heavy atom. The molecule has 1 aromatic carbocycles. The molecule has 0 atom stereocenters. The van der Waals surface area contributed by atoms with Crippen molar-refractivity contribution in [2.45, 2.75) is 13.8 Å². The van der Waals surface area contributed by atoms with Gasteiger partial charge in [-0.1, -0.05) is 23.8 Å². The zero-order valence-electron chi connectivity index (χ0n) is 6.26. The summed E-state index contributed by atoms with van der Waals surface area (Å²) in [6, 6.07) is 5.98. The summed E-state index contributed by atoms with van der Waals surface area (Å²) >= 11 is 0. The molecule has 0 amide bonds. The van der Waals surface area contributed by atoms with Crippen molar-refractivity contribution in [1.29, 1.82) is 0 Å². The lowest BCUT2D eigenvalue weighted by molar-refractivity contribution is 0.414. The Labute approximate surface area is 61.3 Å². The van der Waals surface area contributed by atoms with E-state index >= 15 is 0 Å². The van der Waals surface area contributed by atoms with E-state index in [-0.39, 0.29) is 0 Å². The third kappa shape index (κ3) is 1.36. The highest BCUT2D eigenvalue weighted by molar-refractivity contribution is 5.33. The SMILES string of the molecule is Cc1ccc(C)c([CH]O)c1. The molecule has 10 heavy (non-hydrogen) atoms. The highest BCUT2D eigenvalue weighted by Crippen LogP contribution is 2.10. The predicted molar refractivity (Wildman–Crippen MR) is 41.3 cm³/mol. The van der Waals surface area contributed by atoms with Crippen molar-refractivity contribution >= 4 is 0 Å². The molecule has 1 nitrogen and oxygen atoms in total. The van der Waals surface area contributed by atoms with Gasteiger partial charge in [0.25, 0.3) is 0 Å². The van der Waals surface area contributed by atoms with Crippen molar-refractivity contribution in [3.63, 3.8) is 0 Å². The van der Waals surface area contributed by atoms with Crippen LogP contribution in [0.25, 0.3) is 0 Å². The molecule has 0 unspecified atom stereocenters. The fourth-order valence-electron chi connectivity index (χ4n) is 0.899. The second-order valence-electron chi connectivity index (χ2n) is 2.49. The van der Waals surface area contributed by atoms with E-state index in [1.165, 1.54) is 5.56 Å². The Hall–Kier alpha value is -0.820. The van der Waals surface area contributed by atoms with Crippen LogP contribution in [0.1, 0.15) is 16.7 Å². The molecular formula is C9H11O. The molecule has 53 valence electrons. The van der Waals surface area contributed by atoms with Gasteiger partial charge in [0.05, 0.1) is 0 Å². The van der Waals surface area contributed by atoms with Gasteiger partial charge >= 0.3 is 0 Å². The van der Waals surface area contributed by atoms with Crippen molar-refractivity contribution in [2.24, 2.45) is 0 Å². The molecule has 1 heteroatoms. The van der Waals surface area contributed by atoms with E-state index in [4.69, 9.17) is 5.11 Å². The molecule has 0 aromatic heterocycles. The van der Waals surface area contributed by atoms with E-state index in [1.807, 2.05) is 32.0 Å². The third-order valence-corrected chi connectivity index (χ3v) is 1.57. The van der Waals surface area contributed by atoms with Crippen LogP contribution < -0.4 is 0 Å². The Bertz CT molecular complexity index is 228. The number of benzene rings is 1. The number of hydrogen-bond acceptors (Lipinski definition) is 1.